The first kappa shape index (κ1) is 16.4. The smallest absolute Gasteiger partial charge is 0.259 e. The summed E-state index contributed by atoms with van der Waals surface area (Å²) in [5.74, 6) is 1.29. The molecule has 1 fully saturated rings. The number of hydrogen-bond donors (Lipinski definition) is 1. The van der Waals surface area contributed by atoms with Gasteiger partial charge in [-0.25, -0.2) is 4.98 Å². The Labute approximate surface area is 141 Å². The van der Waals surface area contributed by atoms with Gasteiger partial charge in [-0.05, 0) is 25.5 Å². The highest BCUT2D eigenvalue weighted by atomic mass is 16.5. The first-order valence-electron chi connectivity index (χ1n) is 8.14. The van der Waals surface area contributed by atoms with E-state index in [1.54, 1.807) is 11.8 Å². The normalized spacial score (nSPS) is 17.8. The fraction of sp³-hybridized carbons (Fsp3) is 0.471. The second kappa shape index (κ2) is 7.00. The molecule has 7 nitrogen and oxygen atoms in total. The molecule has 1 saturated heterocycles. The maximum Gasteiger partial charge on any atom is 0.259 e. The lowest BCUT2D eigenvalue weighted by Gasteiger charge is -2.32. The molecule has 0 saturated carbocycles. The Hall–Kier alpha value is -2.41. The summed E-state index contributed by atoms with van der Waals surface area (Å²) >= 11 is 0. The molecule has 128 valence electrons. The van der Waals surface area contributed by atoms with E-state index in [1.807, 2.05) is 32.2 Å². The van der Waals surface area contributed by atoms with E-state index in [4.69, 9.17) is 9.26 Å². The number of hydrogen-bond acceptors (Lipinski definition) is 6. The minimum atomic E-state index is -0.235. The third kappa shape index (κ3) is 3.12. The third-order valence-electron chi connectivity index (χ3n) is 4.19. The molecule has 0 unspecified atom stereocenters. The molecule has 1 aliphatic rings. The van der Waals surface area contributed by atoms with Gasteiger partial charge in [-0.2, -0.15) is 0 Å². The average Bonchev–Trinajstić information content (AvgIpc) is 3.02. The number of amides is 1. The van der Waals surface area contributed by atoms with Crippen molar-refractivity contribution in [2.24, 2.45) is 0 Å². The highest BCUT2D eigenvalue weighted by molar-refractivity contribution is 5.96. The molecule has 7 heteroatoms. The molecule has 0 bridgehead atoms. The maximum absolute atomic E-state index is 12.9. The Kier molecular flexibility index (Phi) is 4.80. The van der Waals surface area contributed by atoms with Crippen LogP contribution in [0, 0.1) is 6.92 Å². The van der Waals surface area contributed by atoms with E-state index in [-0.39, 0.29) is 12.0 Å². The van der Waals surface area contributed by atoms with Crippen molar-refractivity contribution < 1.29 is 14.1 Å². The number of carbonyl (C=O) groups is 1. The quantitative estimate of drug-likeness (QED) is 0.925. The van der Waals surface area contributed by atoms with Crippen LogP contribution in [0.15, 0.2) is 22.7 Å². The van der Waals surface area contributed by atoms with E-state index >= 15 is 0 Å². The van der Waals surface area contributed by atoms with Crippen molar-refractivity contribution in [2.45, 2.75) is 26.4 Å². The topological polar surface area (TPSA) is 80.5 Å². The molecule has 1 N–H and O–H groups in total. The largest absolute Gasteiger partial charge is 0.373 e. The van der Waals surface area contributed by atoms with Crippen LogP contribution in [0.2, 0.25) is 0 Å². The second-order valence-electron chi connectivity index (χ2n) is 5.72. The summed E-state index contributed by atoms with van der Waals surface area (Å²) in [7, 11) is 1.82. The zero-order chi connectivity index (χ0) is 17.1. The van der Waals surface area contributed by atoms with E-state index in [0.717, 1.165) is 11.5 Å². The number of nitrogens with one attached hydrogen (secondary N) is 1. The number of rotatable bonds is 4. The molecule has 1 amide bonds. The molecule has 2 aromatic heterocycles. The number of aryl methyl sites for hydroxylation is 2. The van der Waals surface area contributed by atoms with Crippen molar-refractivity contribution in [1.82, 2.24) is 15.0 Å². The van der Waals surface area contributed by atoms with E-state index in [2.05, 4.69) is 15.5 Å². The Morgan fingerprint density at radius 2 is 2.29 bits per heavy atom. The minimum Gasteiger partial charge on any atom is -0.373 e. The summed E-state index contributed by atoms with van der Waals surface area (Å²) in [4.78, 5) is 19.2. The molecular weight excluding hydrogens is 308 g/mol. The third-order valence-corrected chi connectivity index (χ3v) is 4.19. The average molecular weight is 330 g/mol. The van der Waals surface area contributed by atoms with Crippen molar-refractivity contribution in [3.63, 3.8) is 0 Å². The van der Waals surface area contributed by atoms with Gasteiger partial charge in [0.2, 0.25) is 0 Å². The van der Waals surface area contributed by atoms with Crippen LogP contribution in [-0.4, -0.2) is 47.7 Å². The Morgan fingerprint density at radius 3 is 3.04 bits per heavy atom. The van der Waals surface area contributed by atoms with Crippen LogP contribution in [0.25, 0.3) is 0 Å². The summed E-state index contributed by atoms with van der Waals surface area (Å²) in [5.41, 5.74) is 2.10. The van der Waals surface area contributed by atoms with E-state index < -0.39 is 0 Å². The maximum atomic E-state index is 12.9. The van der Waals surface area contributed by atoms with Gasteiger partial charge in [0.1, 0.15) is 23.2 Å². The van der Waals surface area contributed by atoms with Crippen LogP contribution in [0.4, 0.5) is 5.82 Å². The monoisotopic (exact) mass is 330 g/mol. The van der Waals surface area contributed by atoms with Crippen LogP contribution in [0.5, 0.6) is 0 Å². The van der Waals surface area contributed by atoms with Gasteiger partial charge in [0.25, 0.3) is 5.91 Å². The highest BCUT2D eigenvalue weighted by Crippen LogP contribution is 2.24. The number of ether oxygens (including phenoxy) is 1. The van der Waals surface area contributed by atoms with E-state index in [0.29, 0.717) is 43.1 Å². The molecular formula is C17H22N4O3. The Bertz CT molecular complexity index is 728. The minimum absolute atomic E-state index is 0.0522. The first-order chi connectivity index (χ1) is 11.6. The summed E-state index contributed by atoms with van der Waals surface area (Å²) in [6, 6.07) is 5.74. The SMILES string of the molecule is CCc1noc(C)c1C(=O)N1CCO[C@@H](c2cccc(NC)n2)C1. The van der Waals surface area contributed by atoms with Gasteiger partial charge < -0.3 is 19.5 Å². The zero-order valence-electron chi connectivity index (χ0n) is 14.2. The molecule has 24 heavy (non-hydrogen) atoms. The Balaban J connectivity index is 1.80. The lowest BCUT2D eigenvalue weighted by Crippen LogP contribution is -2.42. The number of carbonyl (C=O) groups excluding carboxylic acids is 1. The Morgan fingerprint density at radius 1 is 1.46 bits per heavy atom. The summed E-state index contributed by atoms with van der Waals surface area (Å²) in [6.07, 6.45) is 0.430. The van der Waals surface area contributed by atoms with Crippen molar-refractivity contribution >= 4 is 11.7 Å². The van der Waals surface area contributed by atoms with Crippen molar-refractivity contribution in [2.75, 3.05) is 32.1 Å². The second-order valence-corrected chi connectivity index (χ2v) is 5.72. The fourth-order valence-corrected chi connectivity index (χ4v) is 2.87. The molecule has 0 aliphatic carbocycles. The van der Waals surface area contributed by atoms with Crippen LogP contribution < -0.4 is 5.32 Å². The van der Waals surface area contributed by atoms with Crippen LogP contribution in [0.1, 0.15) is 40.5 Å². The molecule has 0 spiro atoms. The van der Waals surface area contributed by atoms with Crippen molar-refractivity contribution in [1.29, 1.82) is 0 Å². The predicted molar refractivity (Wildman–Crippen MR) is 89.0 cm³/mol. The van der Waals surface area contributed by atoms with E-state index in [1.165, 1.54) is 0 Å². The molecule has 1 atom stereocenters. The van der Waals surface area contributed by atoms with Gasteiger partial charge in [-0.1, -0.05) is 18.1 Å². The van der Waals surface area contributed by atoms with E-state index in [9.17, 15) is 4.79 Å². The molecule has 2 aromatic rings. The van der Waals surface area contributed by atoms with Gasteiger partial charge in [0.05, 0.1) is 24.5 Å². The number of morpholine rings is 1. The summed E-state index contributed by atoms with van der Waals surface area (Å²) in [5, 5.41) is 6.99. The van der Waals surface area contributed by atoms with Crippen LogP contribution in [-0.2, 0) is 11.2 Å². The summed E-state index contributed by atoms with van der Waals surface area (Å²) in [6.45, 7) is 5.23. The van der Waals surface area contributed by atoms with Crippen molar-refractivity contribution in [3.8, 4) is 0 Å². The molecule has 1 aliphatic heterocycles. The predicted octanol–water partition coefficient (Wildman–Crippen LogP) is 2.20. The number of anilines is 1. The molecule has 3 heterocycles. The molecule has 3 rings (SSSR count). The highest BCUT2D eigenvalue weighted by Gasteiger charge is 2.30. The lowest BCUT2D eigenvalue weighted by atomic mass is 10.1. The van der Waals surface area contributed by atoms with Crippen molar-refractivity contribution in [3.05, 3.63) is 40.9 Å². The van der Waals surface area contributed by atoms with Gasteiger partial charge >= 0.3 is 0 Å². The fourth-order valence-electron chi connectivity index (χ4n) is 2.87. The number of pyridine rings is 1. The van der Waals surface area contributed by atoms with Crippen LogP contribution in [0.3, 0.4) is 0 Å². The number of nitrogens with zero attached hydrogens (tertiary/aromatic N) is 3. The van der Waals surface area contributed by atoms with Gasteiger partial charge in [0.15, 0.2) is 0 Å². The summed E-state index contributed by atoms with van der Waals surface area (Å²) < 4.78 is 11.0. The van der Waals surface area contributed by atoms with Gasteiger partial charge in [0, 0.05) is 13.6 Å². The first-order valence-corrected chi connectivity index (χ1v) is 8.14. The molecule has 0 aromatic carbocycles. The van der Waals surface area contributed by atoms with Crippen LogP contribution >= 0.6 is 0 Å². The van der Waals surface area contributed by atoms with Gasteiger partial charge in [-0.3, -0.25) is 4.79 Å². The standard InChI is InChI=1S/C17H22N4O3/c1-4-12-16(11(2)24-20-12)17(22)21-8-9-23-14(10-21)13-6-5-7-15(18-3)19-13/h5-7,14H,4,8-10H2,1-3H3,(H,18,19)/t14-/m1/s1. The lowest BCUT2D eigenvalue weighted by molar-refractivity contribution is -0.0247. The molecule has 0 radical (unpaired) electrons. The zero-order valence-corrected chi connectivity index (χ0v) is 14.2. The van der Waals surface area contributed by atoms with Gasteiger partial charge in [-0.15, -0.1) is 0 Å². The number of aromatic nitrogens is 2.